The van der Waals surface area contributed by atoms with Crippen molar-refractivity contribution in [3.05, 3.63) is 40.3 Å². The van der Waals surface area contributed by atoms with Crippen molar-refractivity contribution in [3.63, 3.8) is 0 Å². The van der Waals surface area contributed by atoms with Crippen molar-refractivity contribution in [2.24, 2.45) is 0 Å². The molecule has 0 bridgehead atoms. The van der Waals surface area contributed by atoms with Gasteiger partial charge in [-0.2, -0.15) is 0 Å². The molecule has 1 aromatic carbocycles. The summed E-state index contributed by atoms with van der Waals surface area (Å²) in [5.74, 6) is 0. The van der Waals surface area contributed by atoms with Crippen LogP contribution in [0, 0.1) is 0 Å². The maximum Gasteiger partial charge on any atom is 0.343 e. The van der Waals surface area contributed by atoms with E-state index in [-0.39, 0.29) is 5.69 Å². The standard InChI is InChI=1S/C12H16N4OS/c1-3-16-11(17)14-15-12(16)18-10-6-4-9(5-7-10)8-13-2/h4-7,13H,3,8H2,1-2H3,(H,14,17). The molecule has 0 aliphatic carbocycles. The summed E-state index contributed by atoms with van der Waals surface area (Å²) in [5, 5.41) is 10.3. The van der Waals surface area contributed by atoms with Crippen LogP contribution < -0.4 is 11.0 Å². The van der Waals surface area contributed by atoms with E-state index in [9.17, 15) is 4.79 Å². The van der Waals surface area contributed by atoms with Gasteiger partial charge in [-0.05, 0) is 43.4 Å². The van der Waals surface area contributed by atoms with E-state index >= 15 is 0 Å². The maximum absolute atomic E-state index is 11.4. The topological polar surface area (TPSA) is 62.7 Å². The monoisotopic (exact) mass is 264 g/mol. The molecule has 0 amide bonds. The smallest absolute Gasteiger partial charge is 0.316 e. The minimum atomic E-state index is -0.160. The van der Waals surface area contributed by atoms with Crippen LogP contribution in [0.4, 0.5) is 0 Å². The summed E-state index contributed by atoms with van der Waals surface area (Å²) >= 11 is 1.49. The predicted molar refractivity (Wildman–Crippen MR) is 71.9 cm³/mol. The SMILES string of the molecule is CCn1c(Sc2ccc(CNC)cc2)n[nH]c1=O. The van der Waals surface area contributed by atoms with E-state index in [1.165, 1.54) is 17.3 Å². The van der Waals surface area contributed by atoms with Gasteiger partial charge in [-0.3, -0.25) is 4.57 Å². The van der Waals surface area contributed by atoms with Crippen LogP contribution in [-0.4, -0.2) is 21.8 Å². The fourth-order valence-electron chi connectivity index (χ4n) is 1.64. The Kier molecular flexibility index (Phi) is 4.22. The van der Waals surface area contributed by atoms with Gasteiger partial charge in [-0.1, -0.05) is 12.1 Å². The first-order chi connectivity index (χ1) is 8.74. The number of nitrogens with zero attached hydrogens (tertiary/aromatic N) is 2. The average molecular weight is 264 g/mol. The van der Waals surface area contributed by atoms with E-state index in [0.29, 0.717) is 11.7 Å². The second-order valence-corrected chi connectivity index (χ2v) is 4.87. The normalized spacial score (nSPS) is 10.8. The highest BCUT2D eigenvalue weighted by Crippen LogP contribution is 2.25. The number of aromatic nitrogens is 3. The molecular formula is C12H16N4OS. The largest absolute Gasteiger partial charge is 0.343 e. The van der Waals surface area contributed by atoms with Crippen molar-refractivity contribution in [1.82, 2.24) is 20.1 Å². The minimum Gasteiger partial charge on any atom is -0.316 e. The average Bonchev–Trinajstić information content (AvgIpc) is 2.72. The van der Waals surface area contributed by atoms with Crippen molar-refractivity contribution in [1.29, 1.82) is 0 Å². The first kappa shape index (κ1) is 12.9. The molecule has 2 rings (SSSR count). The Morgan fingerprint density at radius 3 is 2.72 bits per heavy atom. The van der Waals surface area contributed by atoms with Gasteiger partial charge >= 0.3 is 5.69 Å². The Hall–Kier alpha value is -1.53. The lowest BCUT2D eigenvalue weighted by molar-refractivity contribution is 0.660. The van der Waals surface area contributed by atoms with E-state index in [2.05, 4.69) is 27.6 Å². The molecule has 0 aliphatic heterocycles. The fourth-order valence-corrected chi connectivity index (χ4v) is 2.54. The molecule has 0 unspecified atom stereocenters. The quantitative estimate of drug-likeness (QED) is 0.858. The molecule has 0 spiro atoms. The molecule has 2 N–H and O–H groups in total. The zero-order valence-corrected chi connectivity index (χ0v) is 11.3. The summed E-state index contributed by atoms with van der Waals surface area (Å²) in [6.45, 7) is 3.40. The van der Waals surface area contributed by atoms with Crippen LogP contribution >= 0.6 is 11.8 Å². The van der Waals surface area contributed by atoms with Gasteiger partial charge in [-0.15, -0.1) is 5.10 Å². The molecule has 0 saturated heterocycles. The van der Waals surface area contributed by atoms with Gasteiger partial charge in [0.25, 0.3) is 0 Å². The van der Waals surface area contributed by atoms with E-state index in [1.807, 2.05) is 26.1 Å². The lowest BCUT2D eigenvalue weighted by Crippen LogP contribution is -2.15. The molecule has 6 heteroatoms. The van der Waals surface area contributed by atoms with Crippen molar-refractivity contribution in [3.8, 4) is 0 Å². The van der Waals surface area contributed by atoms with Crippen molar-refractivity contribution >= 4 is 11.8 Å². The minimum absolute atomic E-state index is 0.160. The molecule has 0 saturated carbocycles. The summed E-state index contributed by atoms with van der Waals surface area (Å²) in [6.07, 6.45) is 0. The second-order valence-electron chi connectivity index (χ2n) is 3.83. The van der Waals surface area contributed by atoms with E-state index in [1.54, 1.807) is 4.57 Å². The third kappa shape index (κ3) is 2.83. The lowest BCUT2D eigenvalue weighted by atomic mass is 10.2. The Labute approximate surface area is 110 Å². The first-order valence-corrected chi connectivity index (χ1v) is 6.63. The van der Waals surface area contributed by atoms with Crippen LogP contribution in [0.25, 0.3) is 0 Å². The van der Waals surface area contributed by atoms with Crippen LogP contribution in [0.3, 0.4) is 0 Å². The number of H-pyrrole nitrogens is 1. The first-order valence-electron chi connectivity index (χ1n) is 5.81. The molecule has 5 nitrogen and oxygen atoms in total. The number of rotatable bonds is 5. The fraction of sp³-hybridized carbons (Fsp3) is 0.333. The van der Waals surface area contributed by atoms with E-state index in [0.717, 1.165) is 11.4 Å². The Morgan fingerprint density at radius 1 is 1.39 bits per heavy atom. The van der Waals surface area contributed by atoms with E-state index < -0.39 is 0 Å². The highest BCUT2D eigenvalue weighted by atomic mass is 32.2. The summed E-state index contributed by atoms with van der Waals surface area (Å²) in [6, 6.07) is 8.22. The molecule has 0 fully saturated rings. The molecule has 96 valence electrons. The van der Waals surface area contributed by atoms with Gasteiger partial charge in [0.2, 0.25) is 0 Å². The molecule has 2 aromatic rings. The van der Waals surface area contributed by atoms with Crippen molar-refractivity contribution < 1.29 is 0 Å². The highest BCUT2D eigenvalue weighted by molar-refractivity contribution is 7.99. The van der Waals surface area contributed by atoms with Gasteiger partial charge in [-0.25, -0.2) is 9.89 Å². The zero-order valence-electron chi connectivity index (χ0n) is 10.4. The molecule has 18 heavy (non-hydrogen) atoms. The highest BCUT2D eigenvalue weighted by Gasteiger charge is 2.07. The van der Waals surface area contributed by atoms with E-state index in [4.69, 9.17) is 0 Å². The summed E-state index contributed by atoms with van der Waals surface area (Å²) in [4.78, 5) is 12.5. The number of benzene rings is 1. The van der Waals surface area contributed by atoms with Crippen LogP contribution in [0.15, 0.2) is 39.1 Å². The van der Waals surface area contributed by atoms with Gasteiger partial charge < -0.3 is 5.32 Å². The van der Waals surface area contributed by atoms with Gasteiger partial charge in [0.1, 0.15) is 0 Å². The third-order valence-corrected chi connectivity index (χ3v) is 3.55. The number of hydrogen-bond donors (Lipinski definition) is 2. The zero-order chi connectivity index (χ0) is 13.0. The Bertz CT molecular complexity index is 558. The van der Waals surface area contributed by atoms with Crippen LogP contribution in [-0.2, 0) is 13.1 Å². The van der Waals surface area contributed by atoms with Crippen molar-refractivity contribution in [2.45, 2.75) is 30.1 Å². The van der Waals surface area contributed by atoms with Gasteiger partial charge in [0.05, 0.1) is 0 Å². The summed E-state index contributed by atoms with van der Waals surface area (Å²) in [5.41, 5.74) is 1.07. The Morgan fingerprint density at radius 2 is 2.11 bits per heavy atom. The molecule has 0 atom stereocenters. The van der Waals surface area contributed by atoms with Gasteiger partial charge in [0.15, 0.2) is 5.16 Å². The number of aromatic amines is 1. The predicted octanol–water partition coefficient (Wildman–Crippen LogP) is 1.46. The molecule has 1 aromatic heterocycles. The van der Waals surface area contributed by atoms with Gasteiger partial charge in [0, 0.05) is 18.0 Å². The lowest BCUT2D eigenvalue weighted by Gasteiger charge is -2.04. The number of nitrogens with one attached hydrogen (secondary N) is 2. The molecule has 0 radical (unpaired) electrons. The van der Waals surface area contributed by atoms with Crippen LogP contribution in [0.1, 0.15) is 12.5 Å². The summed E-state index contributed by atoms with van der Waals surface area (Å²) < 4.78 is 1.62. The molecule has 0 aliphatic rings. The third-order valence-electron chi connectivity index (χ3n) is 2.55. The summed E-state index contributed by atoms with van der Waals surface area (Å²) in [7, 11) is 1.92. The molecule has 1 heterocycles. The number of hydrogen-bond acceptors (Lipinski definition) is 4. The molecular weight excluding hydrogens is 248 g/mol. The van der Waals surface area contributed by atoms with Crippen LogP contribution in [0.5, 0.6) is 0 Å². The van der Waals surface area contributed by atoms with Crippen LogP contribution in [0.2, 0.25) is 0 Å². The Balaban J connectivity index is 2.15. The maximum atomic E-state index is 11.4. The van der Waals surface area contributed by atoms with Crippen molar-refractivity contribution in [2.75, 3.05) is 7.05 Å². The second kappa shape index (κ2) is 5.88.